The SMILES string of the molecule is CCC(O)(C(=O)N1CCC(C(=O)N2CCOCC2)CC1)c1cccc(Cl)c1. The number of hydrogen-bond donors (Lipinski definition) is 1. The minimum Gasteiger partial charge on any atom is -0.378 e. The number of halogens is 1. The Kier molecular flexibility index (Phi) is 6.40. The van der Waals surface area contributed by atoms with Gasteiger partial charge in [-0.25, -0.2) is 0 Å². The summed E-state index contributed by atoms with van der Waals surface area (Å²) in [6.45, 7) is 5.20. The van der Waals surface area contributed by atoms with Crippen LogP contribution in [0.5, 0.6) is 0 Å². The zero-order valence-corrected chi connectivity index (χ0v) is 16.5. The summed E-state index contributed by atoms with van der Waals surface area (Å²) in [6, 6.07) is 6.81. The van der Waals surface area contributed by atoms with E-state index < -0.39 is 5.60 Å². The van der Waals surface area contributed by atoms with E-state index in [0.717, 1.165) is 0 Å². The molecule has 1 aromatic rings. The van der Waals surface area contributed by atoms with Crippen LogP contribution in [0.1, 0.15) is 31.7 Å². The highest BCUT2D eigenvalue weighted by Gasteiger charge is 2.41. The lowest BCUT2D eigenvalue weighted by molar-refractivity contribution is -0.156. The first kappa shape index (κ1) is 20.1. The second-order valence-corrected chi connectivity index (χ2v) is 7.66. The molecule has 1 unspecified atom stereocenters. The normalized spacial score (nSPS) is 21.0. The number of amides is 2. The van der Waals surface area contributed by atoms with Gasteiger partial charge in [-0.05, 0) is 37.0 Å². The predicted octanol–water partition coefficient (Wildman–Crippen LogP) is 2.04. The van der Waals surface area contributed by atoms with Crippen LogP contribution < -0.4 is 0 Å². The molecule has 3 rings (SSSR count). The van der Waals surface area contributed by atoms with Gasteiger partial charge in [0.15, 0.2) is 5.60 Å². The van der Waals surface area contributed by atoms with E-state index in [9.17, 15) is 14.7 Å². The molecule has 0 aromatic heterocycles. The van der Waals surface area contributed by atoms with E-state index in [2.05, 4.69) is 0 Å². The first-order valence-electron chi connectivity index (χ1n) is 9.60. The Morgan fingerprint density at radius 2 is 1.85 bits per heavy atom. The molecule has 2 aliphatic heterocycles. The van der Waals surface area contributed by atoms with Crippen molar-refractivity contribution in [3.63, 3.8) is 0 Å². The molecule has 2 saturated heterocycles. The van der Waals surface area contributed by atoms with Gasteiger partial charge in [0.1, 0.15) is 0 Å². The summed E-state index contributed by atoms with van der Waals surface area (Å²) < 4.78 is 5.30. The van der Waals surface area contributed by atoms with Gasteiger partial charge in [0.25, 0.3) is 5.91 Å². The molecule has 27 heavy (non-hydrogen) atoms. The summed E-state index contributed by atoms with van der Waals surface area (Å²) >= 11 is 6.04. The maximum atomic E-state index is 13.1. The van der Waals surface area contributed by atoms with Crippen molar-refractivity contribution < 1.29 is 19.4 Å². The van der Waals surface area contributed by atoms with Crippen molar-refractivity contribution in [1.82, 2.24) is 9.80 Å². The number of likely N-dealkylation sites (tertiary alicyclic amines) is 1. The Labute approximate surface area is 165 Å². The second kappa shape index (κ2) is 8.59. The fraction of sp³-hybridized carbons (Fsp3) is 0.600. The van der Waals surface area contributed by atoms with E-state index in [-0.39, 0.29) is 24.2 Å². The molecule has 0 radical (unpaired) electrons. The Hall–Kier alpha value is -1.63. The number of rotatable bonds is 4. The Morgan fingerprint density at radius 1 is 1.19 bits per heavy atom. The van der Waals surface area contributed by atoms with Crippen LogP contribution in [0.15, 0.2) is 24.3 Å². The second-order valence-electron chi connectivity index (χ2n) is 7.23. The van der Waals surface area contributed by atoms with Crippen molar-refractivity contribution in [3.8, 4) is 0 Å². The van der Waals surface area contributed by atoms with Gasteiger partial charge in [-0.15, -0.1) is 0 Å². The molecule has 1 aromatic carbocycles. The summed E-state index contributed by atoms with van der Waals surface area (Å²) in [6.07, 6.45) is 1.51. The number of benzene rings is 1. The zero-order chi connectivity index (χ0) is 19.4. The van der Waals surface area contributed by atoms with E-state index in [1.54, 1.807) is 36.1 Å². The van der Waals surface area contributed by atoms with Crippen LogP contribution in [-0.2, 0) is 19.9 Å². The molecule has 7 heteroatoms. The van der Waals surface area contributed by atoms with Crippen molar-refractivity contribution in [1.29, 1.82) is 0 Å². The van der Waals surface area contributed by atoms with Gasteiger partial charge in [-0.2, -0.15) is 0 Å². The molecule has 2 fully saturated rings. The summed E-state index contributed by atoms with van der Waals surface area (Å²) in [4.78, 5) is 29.2. The van der Waals surface area contributed by atoms with E-state index in [4.69, 9.17) is 16.3 Å². The molecule has 1 N–H and O–H groups in total. The number of carbonyl (C=O) groups is 2. The van der Waals surface area contributed by atoms with E-state index in [1.165, 1.54) is 0 Å². The third-order valence-electron chi connectivity index (χ3n) is 5.62. The monoisotopic (exact) mass is 394 g/mol. The summed E-state index contributed by atoms with van der Waals surface area (Å²) in [5, 5.41) is 11.6. The smallest absolute Gasteiger partial charge is 0.259 e. The minimum absolute atomic E-state index is 0.0620. The van der Waals surface area contributed by atoms with Gasteiger partial charge < -0.3 is 19.6 Å². The Morgan fingerprint density at radius 3 is 2.44 bits per heavy atom. The molecule has 1 atom stereocenters. The number of morpholine rings is 1. The van der Waals surface area contributed by atoms with Crippen LogP contribution in [-0.4, -0.2) is 66.1 Å². The first-order valence-corrected chi connectivity index (χ1v) is 9.98. The number of ether oxygens (including phenoxy) is 1. The fourth-order valence-corrected chi connectivity index (χ4v) is 4.05. The van der Waals surface area contributed by atoms with E-state index in [0.29, 0.717) is 62.8 Å². The van der Waals surface area contributed by atoms with Crippen molar-refractivity contribution in [2.45, 2.75) is 31.8 Å². The third-order valence-corrected chi connectivity index (χ3v) is 5.86. The van der Waals surface area contributed by atoms with Crippen molar-refractivity contribution in [3.05, 3.63) is 34.9 Å². The number of aliphatic hydroxyl groups is 1. The van der Waals surface area contributed by atoms with E-state index >= 15 is 0 Å². The largest absolute Gasteiger partial charge is 0.378 e. The topological polar surface area (TPSA) is 70.1 Å². The number of hydrogen-bond acceptors (Lipinski definition) is 4. The average molecular weight is 395 g/mol. The average Bonchev–Trinajstić information content (AvgIpc) is 2.73. The van der Waals surface area contributed by atoms with Crippen molar-refractivity contribution >= 4 is 23.4 Å². The third kappa shape index (κ3) is 4.28. The Balaban J connectivity index is 1.64. The molecule has 0 bridgehead atoms. The number of carbonyl (C=O) groups excluding carboxylic acids is 2. The standard InChI is InChI=1S/C20H27ClN2O4/c1-2-20(26,16-4-3-5-17(21)14-16)19(25)23-8-6-15(7-9-23)18(24)22-10-12-27-13-11-22/h3-5,14-15,26H,2,6-13H2,1H3. The highest BCUT2D eigenvalue weighted by Crippen LogP contribution is 2.31. The van der Waals surface area contributed by atoms with Crippen LogP contribution in [0.3, 0.4) is 0 Å². The van der Waals surface area contributed by atoms with Gasteiger partial charge in [0, 0.05) is 37.1 Å². The van der Waals surface area contributed by atoms with Crippen LogP contribution >= 0.6 is 11.6 Å². The fourth-order valence-electron chi connectivity index (χ4n) is 3.86. The molecule has 2 aliphatic rings. The zero-order valence-electron chi connectivity index (χ0n) is 15.7. The molecule has 2 heterocycles. The maximum absolute atomic E-state index is 13.1. The molecule has 0 spiro atoms. The van der Waals surface area contributed by atoms with Gasteiger partial charge >= 0.3 is 0 Å². The highest BCUT2D eigenvalue weighted by molar-refractivity contribution is 6.30. The van der Waals surface area contributed by atoms with Gasteiger partial charge in [0.2, 0.25) is 5.91 Å². The lowest BCUT2D eigenvalue weighted by atomic mass is 9.87. The first-order chi connectivity index (χ1) is 13.0. The minimum atomic E-state index is -1.59. The number of piperidine rings is 1. The molecule has 2 amide bonds. The van der Waals surface area contributed by atoms with Crippen LogP contribution in [0, 0.1) is 5.92 Å². The quantitative estimate of drug-likeness (QED) is 0.848. The summed E-state index contributed by atoms with van der Waals surface area (Å²) in [5.41, 5.74) is -1.08. The van der Waals surface area contributed by atoms with Crippen molar-refractivity contribution in [2.24, 2.45) is 5.92 Å². The van der Waals surface area contributed by atoms with Gasteiger partial charge in [-0.1, -0.05) is 30.7 Å². The van der Waals surface area contributed by atoms with E-state index in [1.807, 2.05) is 4.90 Å². The molecular formula is C20H27ClN2O4. The van der Waals surface area contributed by atoms with Gasteiger partial charge in [-0.3, -0.25) is 9.59 Å². The predicted molar refractivity (Wildman–Crippen MR) is 102 cm³/mol. The molecule has 148 valence electrons. The van der Waals surface area contributed by atoms with Gasteiger partial charge in [0.05, 0.1) is 13.2 Å². The lowest BCUT2D eigenvalue weighted by Gasteiger charge is -2.38. The molecule has 0 aliphatic carbocycles. The van der Waals surface area contributed by atoms with Crippen LogP contribution in [0.4, 0.5) is 0 Å². The lowest BCUT2D eigenvalue weighted by Crippen LogP contribution is -2.52. The summed E-state index contributed by atoms with van der Waals surface area (Å²) in [7, 11) is 0. The maximum Gasteiger partial charge on any atom is 0.259 e. The Bertz CT molecular complexity index is 684. The van der Waals surface area contributed by atoms with Crippen LogP contribution in [0.2, 0.25) is 5.02 Å². The summed E-state index contributed by atoms with van der Waals surface area (Å²) in [5.74, 6) is -0.219. The number of nitrogens with zero attached hydrogens (tertiary/aromatic N) is 2. The highest BCUT2D eigenvalue weighted by atomic mass is 35.5. The van der Waals surface area contributed by atoms with Crippen molar-refractivity contribution in [2.75, 3.05) is 39.4 Å². The molecule has 0 saturated carbocycles. The molecular weight excluding hydrogens is 368 g/mol. The van der Waals surface area contributed by atoms with Crippen LogP contribution in [0.25, 0.3) is 0 Å². The molecule has 6 nitrogen and oxygen atoms in total.